The second-order valence-electron chi connectivity index (χ2n) is 16.1. The SMILES string of the molecule is C=CC(=O)N1CCN(C2NC(OCC3CCCN3C)NC3(C4CCCCCCC4)C[C@@]4(CCC23)Sc2ccccc2CC4OC)CC1CC#N. The molecule has 1 spiro atoms. The van der Waals surface area contributed by atoms with Crippen molar-refractivity contribution < 1.29 is 14.3 Å². The lowest BCUT2D eigenvalue weighted by molar-refractivity contribution is -0.159. The molecule has 4 aliphatic heterocycles. The number of fused-ring (bicyclic) bond motifs is 2. The number of hydrogen-bond acceptors (Lipinski definition) is 9. The highest BCUT2D eigenvalue weighted by molar-refractivity contribution is 8.00. The van der Waals surface area contributed by atoms with Crippen LogP contribution in [0.25, 0.3) is 0 Å². The van der Waals surface area contributed by atoms with Crippen molar-refractivity contribution in [3.63, 3.8) is 0 Å². The van der Waals surface area contributed by atoms with Gasteiger partial charge in [-0.3, -0.25) is 20.3 Å². The number of benzene rings is 1. The number of likely N-dealkylation sites (tertiary alicyclic amines) is 1. The molecule has 0 aromatic heterocycles. The van der Waals surface area contributed by atoms with Crippen molar-refractivity contribution >= 4 is 17.7 Å². The van der Waals surface area contributed by atoms with Crippen molar-refractivity contribution in [3.05, 3.63) is 42.5 Å². The molecule has 10 heteroatoms. The standard InChI is InChI=1S/C40H60N6O3S/c1-4-36(47)46-24-23-45(26-31(46)19-21-41)37-33-18-20-39(35(48-3)25-29-13-10-11-17-34(29)50-39)28-40(33,30-14-8-6-5-7-9-15-30)43-38(42-37)49-27-32-16-12-22-44(32)2/h4,10-11,13,17,30-33,35,37-38,42-43H,1,5-9,12,14-16,18-20,22-28H2,2-3H3/t31?,32?,33?,35?,37?,38?,39-,40?/m1/s1. The number of piperazine rings is 1. The molecule has 8 atom stereocenters. The quantitative estimate of drug-likeness (QED) is 0.340. The molecule has 0 bridgehead atoms. The summed E-state index contributed by atoms with van der Waals surface area (Å²) in [6.45, 7) is 7.64. The first-order valence-corrected chi connectivity index (χ1v) is 20.4. The van der Waals surface area contributed by atoms with Gasteiger partial charge in [0.25, 0.3) is 0 Å². The number of carbonyl (C=O) groups is 1. The van der Waals surface area contributed by atoms with E-state index in [9.17, 15) is 10.1 Å². The lowest BCUT2D eigenvalue weighted by Gasteiger charge is -2.64. The molecule has 2 aliphatic carbocycles. The molecule has 2 saturated carbocycles. The van der Waals surface area contributed by atoms with Crippen LogP contribution in [0, 0.1) is 23.2 Å². The molecule has 7 unspecified atom stereocenters. The predicted octanol–water partition coefficient (Wildman–Crippen LogP) is 5.51. The molecular formula is C40H60N6O3S. The minimum absolute atomic E-state index is 0.0362. The summed E-state index contributed by atoms with van der Waals surface area (Å²) in [5.74, 6) is 0.809. The lowest BCUT2D eigenvalue weighted by Crippen LogP contribution is -2.80. The number of carbonyl (C=O) groups excluding carboxylic acids is 1. The summed E-state index contributed by atoms with van der Waals surface area (Å²) in [5.41, 5.74) is 1.26. The highest BCUT2D eigenvalue weighted by atomic mass is 32.2. The molecule has 2 N–H and O–H groups in total. The minimum Gasteiger partial charge on any atom is -0.380 e. The van der Waals surface area contributed by atoms with E-state index in [-0.39, 0.29) is 40.9 Å². The molecule has 6 aliphatic rings. The molecule has 1 aromatic rings. The number of nitriles is 1. The Morgan fingerprint density at radius 2 is 1.88 bits per heavy atom. The average Bonchev–Trinajstić information content (AvgIpc) is 3.53. The molecule has 3 saturated heterocycles. The van der Waals surface area contributed by atoms with Gasteiger partial charge in [0.2, 0.25) is 5.91 Å². The Balaban J connectivity index is 1.27. The zero-order chi connectivity index (χ0) is 34.7. The van der Waals surface area contributed by atoms with Gasteiger partial charge < -0.3 is 19.3 Å². The topological polar surface area (TPSA) is 93.1 Å². The summed E-state index contributed by atoms with van der Waals surface area (Å²) in [7, 11) is 4.16. The van der Waals surface area contributed by atoms with Gasteiger partial charge in [-0.15, -0.1) is 11.8 Å². The van der Waals surface area contributed by atoms with E-state index in [0.29, 0.717) is 44.0 Å². The average molecular weight is 705 g/mol. The number of rotatable bonds is 8. The summed E-state index contributed by atoms with van der Waals surface area (Å²) in [6, 6.07) is 11.6. The van der Waals surface area contributed by atoms with E-state index in [2.05, 4.69) is 76.2 Å². The van der Waals surface area contributed by atoms with Crippen LogP contribution in [-0.4, -0.2) is 109 Å². The second kappa shape index (κ2) is 16.0. The third-order valence-electron chi connectivity index (χ3n) is 13.5. The normalized spacial score (nSPS) is 37.3. The first-order valence-electron chi connectivity index (χ1n) is 19.6. The zero-order valence-electron chi connectivity index (χ0n) is 30.5. The van der Waals surface area contributed by atoms with Gasteiger partial charge in [0.15, 0.2) is 6.35 Å². The second-order valence-corrected chi connectivity index (χ2v) is 17.6. The van der Waals surface area contributed by atoms with Crippen molar-refractivity contribution in [1.82, 2.24) is 25.3 Å². The predicted molar refractivity (Wildman–Crippen MR) is 198 cm³/mol. The highest BCUT2D eigenvalue weighted by Crippen LogP contribution is 2.59. The Kier molecular flexibility index (Phi) is 11.6. The fourth-order valence-corrected chi connectivity index (χ4v) is 12.5. The number of nitrogens with one attached hydrogen (secondary N) is 2. The van der Waals surface area contributed by atoms with Crippen LogP contribution in [0.2, 0.25) is 0 Å². The molecule has 9 nitrogen and oxygen atoms in total. The Bertz CT molecular complexity index is 1380. The summed E-state index contributed by atoms with van der Waals surface area (Å²) in [6.07, 6.45) is 17.2. The van der Waals surface area contributed by atoms with Gasteiger partial charge in [0.1, 0.15) is 0 Å². The van der Waals surface area contributed by atoms with Gasteiger partial charge in [0.05, 0.1) is 37.4 Å². The zero-order valence-corrected chi connectivity index (χ0v) is 31.3. The Hall–Kier alpha value is -1.97. The summed E-state index contributed by atoms with van der Waals surface area (Å²) < 4.78 is 13.4. The Morgan fingerprint density at radius 3 is 2.62 bits per heavy atom. The molecule has 5 fully saturated rings. The number of likely N-dealkylation sites (N-methyl/N-ethyl adjacent to an activating group) is 1. The van der Waals surface area contributed by atoms with Gasteiger partial charge in [-0.25, -0.2) is 0 Å². The summed E-state index contributed by atoms with van der Waals surface area (Å²) in [4.78, 5) is 21.2. The minimum atomic E-state index is -0.282. The van der Waals surface area contributed by atoms with Crippen LogP contribution in [0.5, 0.6) is 0 Å². The third-order valence-corrected chi connectivity index (χ3v) is 15.1. The van der Waals surface area contributed by atoms with Gasteiger partial charge in [-0.1, -0.05) is 56.9 Å². The fourth-order valence-electron chi connectivity index (χ4n) is 10.8. The van der Waals surface area contributed by atoms with Gasteiger partial charge in [0, 0.05) is 60.3 Å². The van der Waals surface area contributed by atoms with Crippen LogP contribution in [0.3, 0.4) is 0 Å². The smallest absolute Gasteiger partial charge is 0.246 e. The number of hydrogen-bond donors (Lipinski definition) is 2. The maximum Gasteiger partial charge on any atom is 0.246 e. The van der Waals surface area contributed by atoms with E-state index in [1.165, 1.54) is 74.3 Å². The number of ether oxygens (including phenoxy) is 2. The summed E-state index contributed by atoms with van der Waals surface area (Å²) >= 11 is 2.09. The van der Waals surface area contributed by atoms with E-state index < -0.39 is 0 Å². The molecule has 1 aromatic carbocycles. The van der Waals surface area contributed by atoms with Crippen molar-refractivity contribution in [1.29, 1.82) is 5.26 Å². The van der Waals surface area contributed by atoms with E-state index in [1.54, 1.807) is 0 Å². The van der Waals surface area contributed by atoms with Gasteiger partial charge >= 0.3 is 0 Å². The number of methoxy groups -OCH3 is 1. The molecule has 1 amide bonds. The first-order chi connectivity index (χ1) is 24.4. The Morgan fingerprint density at radius 1 is 1.08 bits per heavy atom. The molecule has 0 radical (unpaired) electrons. The van der Waals surface area contributed by atoms with Gasteiger partial charge in [-0.2, -0.15) is 5.26 Å². The lowest BCUT2D eigenvalue weighted by atomic mass is 9.57. The number of thioether (sulfide) groups is 1. The van der Waals surface area contributed by atoms with Crippen molar-refractivity contribution in [2.75, 3.05) is 46.9 Å². The van der Waals surface area contributed by atoms with Crippen molar-refractivity contribution in [3.8, 4) is 6.07 Å². The maximum absolute atomic E-state index is 12.9. The van der Waals surface area contributed by atoms with Crippen LogP contribution >= 0.6 is 11.8 Å². The Labute approximate surface area is 304 Å². The number of amides is 1. The summed E-state index contributed by atoms with van der Waals surface area (Å²) in [5, 5.41) is 18.2. The van der Waals surface area contributed by atoms with E-state index in [1.807, 2.05) is 12.0 Å². The molecular weight excluding hydrogens is 645 g/mol. The first kappa shape index (κ1) is 36.4. The van der Waals surface area contributed by atoms with Crippen LogP contribution < -0.4 is 10.6 Å². The van der Waals surface area contributed by atoms with E-state index >= 15 is 0 Å². The molecule has 50 heavy (non-hydrogen) atoms. The highest BCUT2D eigenvalue weighted by Gasteiger charge is 2.62. The van der Waals surface area contributed by atoms with Crippen LogP contribution in [-0.2, 0) is 20.7 Å². The van der Waals surface area contributed by atoms with Gasteiger partial charge in [-0.05, 0) is 82.2 Å². The largest absolute Gasteiger partial charge is 0.380 e. The fraction of sp³-hybridized carbons (Fsp3) is 0.750. The van der Waals surface area contributed by atoms with E-state index in [0.717, 1.165) is 38.8 Å². The van der Waals surface area contributed by atoms with E-state index in [4.69, 9.17) is 9.47 Å². The van der Waals surface area contributed by atoms with Crippen molar-refractivity contribution in [2.45, 2.75) is 136 Å². The monoisotopic (exact) mass is 704 g/mol. The van der Waals surface area contributed by atoms with Crippen LogP contribution in [0.15, 0.2) is 41.8 Å². The number of nitrogens with zero attached hydrogens (tertiary/aromatic N) is 4. The molecule has 4 heterocycles. The van der Waals surface area contributed by atoms with Crippen LogP contribution in [0.4, 0.5) is 0 Å². The third kappa shape index (κ3) is 7.18. The molecule has 274 valence electrons. The van der Waals surface area contributed by atoms with Crippen LogP contribution in [0.1, 0.15) is 89.0 Å². The maximum atomic E-state index is 12.9. The van der Waals surface area contributed by atoms with Crippen molar-refractivity contribution in [2.24, 2.45) is 11.8 Å². The molecule has 7 rings (SSSR count).